The number of carbonyl (C=O) groups excluding carboxylic acids is 1. The Balaban J connectivity index is 2.08. The number of hydrogen-bond acceptors (Lipinski definition) is 4. The van der Waals surface area contributed by atoms with Crippen LogP contribution in [-0.2, 0) is 4.74 Å². The molecule has 0 aromatic carbocycles. The van der Waals surface area contributed by atoms with Crippen LogP contribution in [0.1, 0.15) is 20.8 Å². The highest BCUT2D eigenvalue weighted by Crippen LogP contribution is 2.15. The summed E-state index contributed by atoms with van der Waals surface area (Å²) in [5.41, 5.74) is 1.08. The second-order valence-corrected chi connectivity index (χ2v) is 4.80. The largest absolute Gasteiger partial charge is 0.443 e. The van der Waals surface area contributed by atoms with Crippen LogP contribution >= 0.6 is 0 Å². The first-order valence-electron chi connectivity index (χ1n) is 5.44. The minimum atomic E-state index is -0.490. The zero-order valence-electron chi connectivity index (χ0n) is 10.2. The summed E-state index contributed by atoms with van der Waals surface area (Å²) >= 11 is 0. The van der Waals surface area contributed by atoms with Gasteiger partial charge in [0.25, 0.3) is 0 Å². The van der Waals surface area contributed by atoms with Crippen LogP contribution in [0.2, 0.25) is 0 Å². The van der Waals surface area contributed by atoms with Crippen LogP contribution in [0.5, 0.6) is 0 Å². The Bertz CT molecular complexity index is 453. The molecule has 0 aromatic heterocycles. The Morgan fingerprint density at radius 3 is 2.94 bits per heavy atom. The average molecular weight is 233 g/mol. The summed E-state index contributed by atoms with van der Waals surface area (Å²) in [6, 6.07) is 0. The number of nitrogens with zero attached hydrogens (tertiary/aromatic N) is 3. The van der Waals surface area contributed by atoms with Gasteiger partial charge in [-0.1, -0.05) is 0 Å². The molecular formula is C12H15N3O2. The lowest BCUT2D eigenvalue weighted by atomic mass is 10.2. The van der Waals surface area contributed by atoms with Crippen LogP contribution in [0.25, 0.3) is 0 Å². The first kappa shape index (κ1) is 11.6. The fourth-order valence-electron chi connectivity index (χ4n) is 1.43. The first-order chi connectivity index (χ1) is 7.96. The first-order valence-corrected chi connectivity index (χ1v) is 5.44. The monoisotopic (exact) mass is 233 g/mol. The Labute approximate surface area is 100 Å². The maximum atomic E-state index is 11.8. The second-order valence-electron chi connectivity index (χ2n) is 4.80. The highest BCUT2D eigenvalue weighted by atomic mass is 16.6. The van der Waals surface area contributed by atoms with Gasteiger partial charge in [0.2, 0.25) is 0 Å². The van der Waals surface area contributed by atoms with Gasteiger partial charge in [-0.2, -0.15) is 0 Å². The smallest absolute Gasteiger partial charge is 0.414 e. The van der Waals surface area contributed by atoms with Gasteiger partial charge in [-0.3, -0.25) is 4.90 Å². The molecule has 5 nitrogen and oxygen atoms in total. The summed E-state index contributed by atoms with van der Waals surface area (Å²) in [6.07, 6.45) is 6.43. The Hall–Kier alpha value is -1.91. The summed E-state index contributed by atoms with van der Waals surface area (Å²) in [4.78, 5) is 21.5. The van der Waals surface area contributed by atoms with E-state index in [1.807, 2.05) is 26.8 Å². The highest BCUT2D eigenvalue weighted by molar-refractivity contribution is 6.14. The molecule has 2 rings (SSSR count). The lowest BCUT2D eigenvalue weighted by Gasteiger charge is -2.24. The molecule has 1 amide bonds. The maximum Gasteiger partial charge on any atom is 0.414 e. The molecule has 0 spiro atoms. The Morgan fingerprint density at radius 1 is 1.47 bits per heavy atom. The van der Waals surface area contributed by atoms with Crippen molar-refractivity contribution in [3.8, 4) is 0 Å². The van der Waals surface area contributed by atoms with Crippen molar-refractivity contribution in [2.75, 3.05) is 6.54 Å². The predicted molar refractivity (Wildman–Crippen MR) is 66.1 cm³/mol. The van der Waals surface area contributed by atoms with Crippen molar-refractivity contribution in [2.45, 2.75) is 26.4 Å². The molecule has 90 valence electrons. The SMILES string of the molecule is CC(C)(C)OC(=O)N1C=CC2=NC=NC2=CC1. The number of aliphatic imine (C=N–C) groups is 2. The van der Waals surface area contributed by atoms with E-state index >= 15 is 0 Å². The summed E-state index contributed by atoms with van der Waals surface area (Å²) < 4.78 is 5.28. The number of hydrogen-bond donors (Lipinski definition) is 0. The predicted octanol–water partition coefficient (Wildman–Crippen LogP) is 2.12. The molecule has 5 heteroatoms. The number of amides is 1. The molecule has 2 aliphatic heterocycles. The fourth-order valence-corrected chi connectivity index (χ4v) is 1.43. The zero-order valence-corrected chi connectivity index (χ0v) is 10.2. The molecule has 2 aliphatic rings. The second kappa shape index (κ2) is 4.16. The average Bonchev–Trinajstić information content (AvgIpc) is 2.54. The molecular weight excluding hydrogens is 218 g/mol. The fraction of sp³-hybridized carbons (Fsp3) is 0.417. The summed E-state index contributed by atoms with van der Waals surface area (Å²) in [6.45, 7) is 5.97. The normalized spacial score (nSPS) is 18.4. The van der Waals surface area contributed by atoms with Gasteiger partial charge in [0.1, 0.15) is 11.9 Å². The van der Waals surface area contributed by atoms with Crippen molar-refractivity contribution in [1.29, 1.82) is 0 Å². The van der Waals surface area contributed by atoms with Crippen molar-refractivity contribution >= 4 is 18.1 Å². The zero-order chi connectivity index (χ0) is 12.5. The van der Waals surface area contributed by atoms with E-state index in [4.69, 9.17) is 4.74 Å². The van der Waals surface area contributed by atoms with Crippen molar-refractivity contribution in [2.24, 2.45) is 9.98 Å². The van der Waals surface area contributed by atoms with E-state index in [0.29, 0.717) is 6.54 Å². The van der Waals surface area contributed by atoms with E-state index in [1.54, 1.807) is 12.3 Å². The molecule has 0 bridgehead atoms. The maximum absolute atomic E-state index is 11.8. The molecule has 0 N–H and O–H groups in total. The van der Waals surface area contributed by atoms with Crippen molar-refractivity contribution in [3.63, 3.8) is 0 Å². The van der Waals surface area contributed by atoms with Gasteiger partial charge in [0.15, 0.2) is 0 Å². The van der Waals surface area contributed by atoms with Gasteiger partial charge in [0.05, 0.1) is 11.4 Å². The Morgan fingerprint density at radius 2 is 2.24 bits per heavy atom. The van der Waals surface area contributed by atoms with Crippen molar-refractivity contribution in [3.05, 3.63) is 24.0 Å². The molecule has 0 radical (unpaired) electrons. The molecule has 2 heterocycles. The highest BCUT2D eigenvalue weighted by Gasteiger charge is 2.22. The van der Waals surface area contributed by atoms with Crippen LogP contribution in [0.3, 0.4) is 0 Å². The van der Waals surface area contributed by atoms with Crippen molar-refractivity contribution in [1.82, 2.24) is 4.90 Å². The quantitative estimate of drug-likeness (QED) is 0.643. The number of rotatable bonds is 0. The molecule has 0 saturated carbocycles. The van der Waals surface area contributed by atoms with Gasteiger partial charge in [-0.25, -0.2) is 14.8 Å². The van der Waals surface area contributed by atoms with E-state index in [9.17, 15) is 4.79 Å². The lowest BCUT2D eigenvalue weighted by molar-refractivity contribution is 0.0352. The number of carbonyl (C=O) groups is 1. The third-order valence-electron chi connectivity index (χ3n) is 2.18. The van der Waals surface area contributed by atoms with Gasteiger partial charge < -0.3 is 4.74 Å². The molecule has 0 saturated heterocycles. The van der Waals surface area contributed by atoms with Crippen molar-refractivity contribution < 1.29 is 9.53 Å². The van der Waals surface area contributed by atoms with E-state index in [-0.39, 0.29) is 6.09 Å². The van der Waals surface area contributed by atoms with Crippen LogP contribution < -0.4 is 0 Å². The van der Waals surface area contributed by atoms with E-state index in [0.717, 1.165) is 11.4 Å². The topological polar surface area (TPSA) is 54.3 Å². The van der Waals surface area contributed by atoms with E-state index in [1.165, 1.54) is 11.2 Å². The van der Waals surface area contributed by atoms with Crippen LogP contribution in [0.15, 0.2) is 34.0 Å². The molecule has 17 heavy (non-hydrogen) atoms. The minimum absolute atomic E-state index is 0.366. The summed E-state index contributed by atoms with van der Waals surface area (Å²) in [7, 11) is 0. The van der Waals surface area contributed by atoms with Gasteiger partial charge in [-0.05, 0) is 32.9 Å². The van der Waals surface area contributed by atoms with Gasteiger partial charge in [0, 0.05) is 12.7 Å². The molecule has 0 fully saturated rings. The summed E-state index contributed by atoms with van der Waals surface area (Å²) in [5, 5.41) is 0. The lowest BCUT2D eigenvalue weighted by Crippen LogP contribution is -2.33. The Kier molecular flexibility index (Phi) is 2.83. The van der Waals surface area contributed by atoms with Gasteiger partial charge in [-0.15, -0.1) is 0 Å². The van der Waals surface area contributed by atoms with Crippen LogP contribution in [0, 0.1) is 0 Å². The van der Waals surface area contributed by atoms with Crippen LogP contribution in [0.4, 0.5) is 4.79 Å². The third kappa shape index (κ3) is 2.81. The number of fused-ring (bicyclic) bond motifs is 1. The van der Waals surface area contributed by atoms with Crippen LogP contribution in [-0.4, -0.2) is 35.2 Å². The minimum Gasteiger partial charge on any atom is -0.443 e. The number of allylic oxidation sites excluding steroid dienone is 1. The third-order valence-corrected chi connectivity index (χ3v) is 2.18. The molecule has 0 aliphatic carbocycles. The molecule has 0 unspecified atom stereocenters. The van der Waals surface area contributed by atoms with E-state index < -0.39 is 5.60 Å². The number of ether oxygens (including phenoxy) is 1. The molecule has 0 atom stereocenters. The molecule has 0 aromatic rings. The standard InChI is InChI=1S/C12H15N3O2/c1-12(2,3)17-11(16)15-6-4-9-10(5-7-15)14-8-13-9/h4-6,8H,7H2,1-3H3. The summed E-state index contributed by atoms with van der Waals surface area (Å²) in [5.74, 6) is 0. The van der Waals surface area contributed by atoms with E-state index in [2.05, 4.69) is 9.98 Å². The van der Waals surface area contributed by atoms with Gasteiger partial charge >= 0.3 is 6.09 Å².